The molecule has 0 bridgehead atoms. The lowest BCUT2D eigenvalue weighted by Crippen LogP contribution is -1.92. The average Bonchev–Trinajstić information content (AvgIpc) is 2.62. The molecule has 0 saturated heterocycles. The van der Waals surface area contributed by atoms with Gasteiger partial charge in [0.25, 0.3) is 0 Å². The lowest BCUT2D eigenvalue weighted by molar-refractivity contribution is 0.767. The molecule has 0 unspecified atom stereocenters. The molecule has 5 nitrogen and oxygen atoms in total. The van der Waals surface area contributed by atoms with Gasteiger partial charge < -0.3 is 4.57 Å². The van der Waals surface area contributed by atoms with Crippen LogP contribution >= 0.6 is 12.6 Å². The Morgan fingerprint density at radius 2 is 2.08 bits per heavy atom. The highest BCUT2D eigenvalue weighted by molar-refractivity contribution is 7.80. The van der Waals surface area contributed by atoms with Gasteiger partial charge in [-0.15, -0.1) is 22.8 Å². The molecule has 0 aromatic carbocycles. The number of nitrogens with zero attached hydrogens (tertiary/aromatic N) is 5. The Hall–Kier alpha value is -1.30. The van der Waals surface area contributed by atoms with E-state index in [-0.39, 0.29) is 0 Å². The molecular formula is C7H9N5S. The van der Waals surface area contributed by atoms with Crippen molar-refractivity contribution in [2.45, 2.75) is 5.16 Å². The summed E-state index contributed by atoms with van der Waals surface area (Å²) in [5, 5.41) is 12.5. The molecule has 0 amide bonds. The molecule has 2 heterocycles. The van der Waals surface area contributed by atoms with Gasteiger partial charge in [-0.05, 0) is 0 Å². The van der Waals surface area contributed by atoms with Crippen LogP contribution in [0.4, 0.5) is 0 Å². The van der Waals surface area contributed by atoms with Gasteiger partial charge in [-0.25, -0.2) is 0 Å². The summed E-state index contributed by atoms with van der Waals surface area (Å²) in [6, 6.07) is 0. The van der Waals surface area contributed by atoms with Crippen molar-refractivity contribution in [3.05, 3.63) is 12.4 Å². The van der Waals surface area contributed by atoms with Crippen molar-refractivity contribution < 1.29 is 0 Å². The number of aromatic nitrogens is 5. The van der Waals surface area contributed by atoms with Crippen LogP contribution in [0.2, 0.25) is 0 Å². The molecule has 0 N–H and O–H groups in total. The lowest BCUT2D eigenvalue weighted by Gasteiger charge is -1.95. The monoisotopic (exact) mass is 195 g/mol. The molecule has 0 fully saturated rings. The maximum atomic E-state index is 4.14. The van der Waals surface area contributed by atoms with Crippen molar-refractivity contribution in [2.75, 3.05) is 0 Å². The van der Waals surface area contributed by atoms with E-state index in [0.717, 1.165) is 11.4 Å². The van der Waals surface area contributed by atoms with Gasteiger partial charge in [0, 0.05) is 20.3 Å². The largest absolute Gasteiger partial charge is 0.305 e. The molecule has 0 spiro atoms. The minimum Gasteiger partial charge on any atom is -0.305 e. The summed E-state index contributed by atoms with van der Waals surface area (Å²) in [6.07, 6.45) is 3.63. The van der Waals surface area contributed by atoms with Crippen LogP contribution in [0.3, 0.4) is 0 Å². The maximum absolute atomic E-state index is 4.14. The summed E-state index contributed by atoms with van der Waals surface area (Å²) in [4.78, 5) is 0. The number of hydrogen-bond acceptors (Lipinski definition) is 4. The molecule has 13 heavy (non-hydrogen) atoms. The summed E-state index contributed by atoms with van der Waals surface area (Å²) >= 11 is 4.14. The van der Waals surface area contributed by atoms with E-state index < -0.39 is 0 Å². The first kappa shape index (κ1) is 8.31. The third kappa shape index (κ3) is 1.33. The van der Waals surface area contributed by atoms with Crippen molar-refractivity contribution in [1.29, 1.82) is 0 Å². The van der Waals surface area contributed by atoms with Crippen LogP contribution in [-0.2, 0) is 14.1 Å². The van der Waals surface area contributed by atoms with E-state index in [4.69, 9.17) is 0 Å². The van der Waals surface area contributed by atoms with Crippen molar-refractivity contribution >= 4 is 12.6 Å². The van der Waals surface area contributed by atoms with Crippen LogP contribution in [0.25, 0.3) is 11.4 Å². The standard InChI is InChI=1S/C7H9N5S/c1-11-4-5(3-8-11)6-9-10-7(13)12(6)2/h3-4H,1-2H3,(H,10,13). The van der Waals surface area contributed by atoms with E-state index in [1.165, 1.54) is 0 Å². The molecule has 0 radical (unpaired) electrons. The van der Waals surface area contributed by atoms with E-state index in [1.807, 2.05) is 20.3 Å². The summed E-state index contributed by atoms with van der Waals surface area (Å²) in [6.45, 7) is 0. The molecule has 0 saturated carbocycles. The van der Waals surface area contributed by atoms with E-state index >= 15 is 0 Å². The molecule has 0 aliphatic heterocycles. The molecule has 68 valence electrons. The van der Waals surface area contributed by atoms with Gasteiger partial charge in [-0.1, -0.05) is 0 Å². The Bertz CT molecular complexity index is 430. The normalized spacial score (nSPS) is 10.7. The van der Waals surface area contributed by atoms with E-state index in [0.29, 0.717) is 5.16 Å². The summed E-state index contributed by atoms with van der Waals surface area (Å²) in [5.41, 5.74) is 0.942. The maximum Gasteiger partial charge on any atom is 0.188 e. The van der Waals surface area contributed by atoms with Crippen molar-refractivity contribution in [2.24, 2.45) is 14.1 Å². The summed E-state index contributed by atoms with van der Waals surface area (Å²) < 4.78 is 3.53. The predicted molar refractivity (Wildman–Crippen MR) is 50.5 cm³/mol. The van der Waals surface area contributed by atoms with E-state index in [1.54, 1.807) is 15.4 Å². The molecule has 0 atom stereocenters. The quantitative estimate of drug-likeness (QED) is 0.674. The zero-order chi connectivity index (χ0) is 9.42. The van der Waals surface area contributed by atoms with Crippen LogP contribution in [-0.4, -0.2) is 24.5 Å². The molecule has 2 rings (SSSR count). The van der Waals surface area contributed by atoms with Crippen LogP contribution in [0.1, 0.15) is 0 Å². The lowest BCUT2D eigenvalue weighted by atomic mass is 10.3. The number of aryl methyl sites for hydroxylation is 1. The Balaban J connectivity index is 2.52. The molecule has 2 aromatic rings. The Morgan fingerprint density at radius 1 is 1.31 bits per heavy atom. The van der Waals surface area contributed by atoms with Crippen molar-refractivity contribution in [1.82, 2.24) is 24.5 Å². The van der Waals surface area contributed by atoms with Gasteiger partial charge in [0.2, 0.25) is 0 Å². The van der Waals surface area contributed by atoms with Gasteiger partial charge >= 0.3 is 0 Å². The molecule has 2 aromatic heterocycles. The molecule has 0 aliphatic carbocycles. The van der Waals surface area contributed by atoms with Crippen molar-refractivity contribution in [3.63, 3.8) is 0 Å². The van der Waals surface area contributed by atoms with Gasteiger partial charge in [-0.2, -0.15) is 5.10 Å². The van der Waals surface area contributed by atoms with Crippen LogP contribution in [0, 0.1) is 0 Å². The molecule has 6 heteroatoms. The highest BCUT2D eigenvalue weighted by Crippen LogP contribution is 2.16. The van der Waals surface area contributed by atoms with Gasteiger partial charge in [0.1, 0.15) is 0 Å². The smallest absolute Gasteiger partial charge is 0.188 e. The topological polar surface area (TPSA) is 48.5 Å². The van der Waals surface area contributed by atoms with Crippen LogP contribution < -0.4 is 0 Å². The number of thiol groups is 1. The van der Waals surface area contributed by atoms with Gasteiger partial charge in [-0.3, -0.25) is 4.68 Å². The van der Waals surface area contributed by atoms with Crippen molar-refractivity contribution in [3.8, 4) is 11.4 Å². The first-order chi connectivity index (χ1) is 6.18. The predicted octanol–water partition coefficient (Wildman–Crippen LogP) is 0.504. The minimum atomic E-state index is 0.596. The van der Waals surface area contributed by atoms with E-state index in [2.05, 4.69) is 27.9 Å². The van der Waals surface area contributed by atoms with E-state index in [9.17, 15) is 0 Å². The third-order valence-corrected chi connectivity index (χ3v) is 2.20. The SMILES string of the molecule is Cn1cc(-c2nnc(S)n2C)cn1. The molecule has 0 aliphatic rings. The fourth-order valence-corrected chi connectivity index (χ4v) is 1.25. The second kappa shape index (κ2) is 2.88. The Labute approximate surface area is 80.8 Å². The number of hydrogen-bond donors (Lipinski definition) is 1. The van der Waals surface area contributed by atoms with Crippen LogP contribution in [0.15, 0.2) is 17.6 Å². The minimum absolute atomic E-state index is 0.596. The second-order valence-corrected chi connectivity index (χ2v) is 3.19. The first-order valence-electron chi connectivity index (χ1n) is 3.76. The first-order valence-corrected chi connectivity index (χ1v) is 4.20. The zero-order valence-corrected chi connectivity index (χ0v) is 8.23. The summed E-state index contributed by atoms with van der Waals surface area (Å²) in [5.74, 6) is 0.776. The highest BCUT2D eigenvalue weighted by atomic mass is 32.1. The van der Waals surface area contributed by atoms with Gasteiger partial charge in [0.15, 0.2) is 11.0 Å². The fourth-order valence-electron chi connectivity index (χ4n) is 1.11. The average molecular weight is 195 g/mol. The second-order valence-electron chi connectivity index (χ2n) is 2.79. The zero-order valence-electron chi connectivity index (χ0n) is 7.34. The Morgan fingerprint density at radius 3 is 2.54 bits per heavy atom. The van der Waals surface area contributed by atoms with Crippen LogP contribution in [0.5, 0.6) is 0 Å². The highest BCUT2D eigenvalue weighted by Gasteiger charge is 2.08. The fraction of sp³-hybridized carbons (Fsp3) is 0.286. The summed E-state index contributed by atoms with van der Waals surface area (Å²) in [7, 11) is 3.73. The Kier molecular flexibility index (Phi) is 1.84. The molecular weight excluding hydrogens is 186 g/mol. The van der Waals surface area contributed by atoms with Gasteiger partial charge in [0.05, 0.1) is 11.8 Å². The number of rotatable bonds is 1. The third-order valence-electron chi connectivity index (χ3n) is 1.81.